The van der Waals surface area contributed by atoms with Gasteiger partial charge in [-0.25, -0.2) is 9.07 Å². The van der Waals surface area contributed by atoms with Gasteiger partial charge in [-0.3, -0.25) is 9.59 Å². The van der Waals surface area contributed by atoms with Gasteiger partial charge in [-0.05, 0) is 41.8 Å². The lowest BCUT2D eigenvalue weighted by Crippen LogP contribution is -2.47. The van der Waals surface area contributed by atoms with Gasteiger partial charge in [0.25, 0.3) is 5.56 Å². The monoisotopic (exact) mass is 427 g/mol. The maximum Gasteiger partial charge on any atom is 0.267 e. The number of amides is 1. The van der Waals surface area contributed by atoms with Crippen molar-refractivity contribution in [2.24, 2.45) is 0 Å². The Kier molecular flexibility index (Phi) is 6.08. The molecule has 1 fully saturated rings. The van der Waals surface area contributed by atoms with Crippen LogP contribution >= 0.6 is 11.3 Å². The largest absolute Gasteiger partial charge is 0.368 e. The van der Waals surface area contributed by atoms with Gasteiger partial charge in [0.05, 0.1) is 6.54 Å². The summed E-state index contributed by atoms with van der Waals surface area (Å²) in [5.41, 5.74) is 0.673. The van der Waals surface area contributed by atoms with Crippen LogP contribution in [0.5, 0.6) is 0 Å². The zero-order chi connectivity index (χ0) is 20.9. The van der Waals surface area contributed by atoms with Crippen molar-refractivity contribution in [2.45, 2.75) is 13.1 Å². The van der Waals surface area contributed by atoms with Gasteiger partial charge < -0.3 is 15.1 Å². The third kappa shape index (κ3) is 4.85. The summed E-state index contributed by atoms with van der Waals surface area (Å²) in [6.45, 7) is 3.27. The molecular weight excluding hydrogens is 405 g/mol. The molecular formula is C21H22FN5O2S. The molecule has 0 unspecified atom stereocenters. The summed E-state index contributed by atoms with van der Waals surface area (Å²) in [6, 6.07) is 13.5. The van der Waals surface area contributed by atoms with Crippen LogP contribution in [0, 0.1) is 5.82 Å². The van der Waals surface area contributed by atoms with Gasteiger partial charge in [-0.1, -0.05) is 6.07 Å². The second kappa shape index (κ2) is 9.08. The number of nitrogens with zero attached hydrogens (tertiary/aromatic N) is 4. The first-order valence-electron chi connectivity index (χ1n) is 9.71. The number of carbonyl (C=O) groups excluding carboxylic acids is 1. The molecule has 0 spiro atoms. The molecule has 3 heterocycles. The molecule has 1 saturated heterocycles. The van der Waals surface area contributed by atoms with Crippen LogP contribution in [0.15, 0.2) is 58.7 Å². The number of thiophene rings is 1. The summed E-state index contributed by atoms with van der Waals surface area (Å²) in [5.74, 6) is 0.166. The number of anilines is 2. The van der Waals surface area contributed by atoms with E-state index < -0.39 is 0 Å². The number of hydrogen-bond acceptors (Lipinski definition) is 6. The molecule has 1 N–H and O–H groups in total. The van der Waals surface area contributed by atoms with Crippen LogP contribution in [-0.4, -0.2) is 41.9 Å². The third-order valence-corrected chi connectivity index (χ3v) is 5.86. The average molecular weight is 428 g/mol. The number of benzene rings is 1. The molecule has 30 heavy (non-hydrogen) atoms. The summed E-state index contributed by atoms with van der Waals surface area (Å²) >= 11 is 1.57. The van der Waals surface area contributed by atoms with Crippen LogP contribution in [0.25, 0.3) is 0 Å². The average Bonchev–Trinajstić information content (AvgIpc) is 3.28. The van der Waals surface area contributed by atoms with Gasteiger partial charge in [0.15, 0.2) is 0 Å². The van der Waals surface area contributed by atoms with Crippen molar-refractivity contribution in [1.82, 2.24) is 15.1 Å². The minimum atomic E-state index is -0.310. The van der Waals surface area contributed by atoms with Crippen molar-refractivity contribution in [3.8, 4) is 0 Å². The van der Waals surface area contributed by atoms with Crippen molar-refractivity contribution < 1.29 is 9.18 Å². The van der Waals surface area contributed by atoms with E-state index in [0.29, 0.717) is 25.5 Å². The quantitative estimate of drug-likeness (QED) is 0.652. The summed E-state index contributed by atoms with van der Waals surface area (Å²) in [6.07, 6.45) is 0. The molecule has 1 aliphatic heterocycles. The molecule has 0 bridgehead atoms. The predicted octanol–water partition coefficient (Wildman–Crippen LogP) is 2.09. The van der Waals surface area contributed by atoms with Crippen LogP contribution < -0.4 is 20.7 Å². The van der Waals surface area contributed by atoms with Crippen molar-refractivity contribution in [1.29, 1.82) is 0 Å². The number of halogens is 1. The number of piperazine rings is 1. The lowest BCUT2D eigenvalue weighted by Gasteiger charge is -2.36. The Bertz CT molecular complexity index is 1040. The molecule has 0 saturated carbocycles. The molecule has 1 aromatic carbocycles. The van der Waals surface area contributed by atoms with Crippen LogP contribution in [0.4, 0.5) is 15.9 Å². The van der Waals surface area contributed by atoms with Gasteiger partial charge in [0.2, 0.25) is 5.91 Å². The fourth-order valence-electron chi connectivity index (χ4n) is 3.36. The molecule has 3 aromatic rings. The van der Waals surface area contributed by atoms with E-state index in [1.165, 1.54) is 22.9 Å². The third-order valence-electron chi connectivity index (χ3n) is 4.98. The molecule has 2 aromatic heterocycles. The predicted molar refractivity (Wildman–Crippen MR) is 115 cm³/mol. The Hall–Kier alpha value is -3.20. The highest BCUT2D eigenvalue weighted by Crippen LogP contribution is 2.19. The van der Waals surface area contributed by atoms with Gasteiger partial charge in [0.1, 0.15) is 18.2 Å². The van der Waals surface area contributed by atoms with Gasteiger partial charge >= 0.3 is 0 Å². The molecule has 0 atom stereocenters. The van der Waals surface area contributed by atoms with Crippen LogP contribution in [0.3, 0.4) is 0 Å². The number of hydrogen-bond donors (Lipinski definition) is 1. The Morgan fingerprint density at radius 1 is 1.03 bits per heavy atom. The molecule has 0 radical (unpaired) electrons. The van der Waals surface area contributed by atoms with Crippen LogP contribution in [0.2, 0.25) is 0 Å². The SMILES string of the molecule is O=C(Cn1nc(N2CCN(c3ccc(F)cc3)CC2)ccc1=O)NCc1cccs1. The zero-order valence-corrected chi connectivity index (χ0v) is 17.1. The lowest BCUT2D eigenvalue weighted by atomic mass is 10.2. The van der Waals surface area contributed by atoms with Crippen molar-refractivity contribution >= 4 is 28.7 Å². The van der Waals surface area contributed by atoms with Crippen LogP contribution in [0.1, 0.15) is 4.88 Å². The minimum absolute atomic E-state index is 0.117. The van der Waals surface area contributed by atoms with Gasteiger partial charge in [-0.2, -0.15) is 5.10 Å². The van der Waals surface area contributed by atoms with Gasteiger partial charge in [0, 0.05) is 42.8 Å². The molecule has 9 heteroatoms. The summed E-state index contributed by atoms with van der Waals surface area (Å²) in [4.78, 5) is 29.7. The summed E-state index contributed by atoms with van der Waals surface area (Å²) < 4.78 is 14.3. The lowest BCUT2D eigenvalue weighted by molar-refractivity contribution is -0.122. The van der Waals surface area contributed by atoms with E-state index in [0.717, 1.165) is 23.7 Å². The van der Waals surface area contributed by atoms with E-state index in [9.17, 15) is 14.0 Å². The van der Waals surface area contributed by atoms with E-state index in [2.05, 4.69) is 20.2 Å². The molecule has 1 amide bonds. The molecule has 7 nitrogen and oxygen atoms in total. The smallest absolute Gasteiger partial charge is 0.267 e. The summed E-state index contributed by atoms with van der Waals surface area (Å²) in [5, 5.41) is 9.16. The van der Waals surface area contributed by atoms with Crippen LogP contribution in [-0.2, 0) is 17.9 Å². The molecule has 4 rings (SSSR count). The Labute approximate surface area is 177 Å². The first kappa shape index (κ1) is 20.1. The summed E-state index contributed by atoms with van der Waals surface area (Å²) in [7, 11) is 0. The van der Waals surface area contributed by atoms with E-state index in [-0.39, 0.29) is 23.8 Å². The van der Waals surface area contributed by atoms with E-state index in [1.54, 1.807) is 29.5 Å². The van der Waals surface area contributed by atoms with Crippen molar-refractivity contribution in [2.75, 3.05) is 36.0 Å². The van der Waals surface area contributed by atoms with E-state index in [4.69, 9.17) is 0 Å². The van der Waals surface area contributed by atoms with E-state index in [1.807, 2.05) is 17.5 Å². The maximum absolute atomic E-state index is 13.1. The molecule has 0 aliphatic carbocycles. The fraction of sp³-hybridized carbons (Fsp3) is 0.286. The normalized spacial score (nSPS) is 14.0. The highest BCUT2D eigenvalue weighted by molar-refractivity contribution is 7.09. The number of rotatable bonds is 6. The first-order valence-corrected chi connectivity index (χ1v) is 10.6. The standard InChI is InChI=1S/C21H22FN5O2S/c22-16-3-5-17(6-4-16)25-9-11-26(12-10-25)19-7-8-21(29)27(24-19)15-20(28)23-14-18-2-1-13-30-18/h1-8,13H,9-12,14-15H2,(H,23,28). The van der Waals surface area contributed by atoms with Crippen molar-refractivity contribution in [3.63, 3.8) is 0 Å². The fourth-order valence-corrected chi connectivity index (χ4v) is 4.00. The van der Waals surface area contributed by atoms with Crippen molar-refractivity contribution in [3.05, 3.63) is 75.0 Å². The molecule has 156 valence electrons. The van der Waals surface area contributed by atoms with Gasteiger partial charge in [-0.15, -0.1) is 11.3 Å². The first-order chi connectivity index (χ1) is 14.6. The zero-order valence-electron chi connectivity index (χ0n) is 16.3. The second-order valence-electron chi connectivity index (χ2n) is 6.99. The number of aromatic nitrogens is 2. The Morgan fingerprint density at radius 2 is 1.77 bits per heavy atom. The Morgan fingerprint density at radius 3 is 2.47 bits per heavy atom. The maximum atomic E-state index is 13.1. The number of nitrogens with one attached hydrogen (secondary N) is 1. The highest BCUT2D eigenvalue weighted by Gasteiger charge is 2.19. The number of carbonyl (C=O) groups is 1. The molecule has 1 aliphatic rings. The highest BCUT2D eigenvalue weighted by atomic mass is 32.1. The Balaban J connectivity index is 1.36. The topological polar surface area (TPSA) is 70.5 Å². The second-order valence-corrected chi connectivity index (χ2v) is 8.03. The van der Waals surface area contributed by atoms with E-state index >= 15 is 0 Å². The minimum Gasteiger partial charge on any atom is -0.368 e.